The fourth-order valence-corrected chi connectivity index (χ4v) is 3.02. The van der Waals surface area contributed by atoms with E-state index in [0.717, 1.165) is 23.1 Å². The first-order chi connectivity index (χ1) is 13.6. The quantitative estimate of drug-likeness (QED) is 0.621. The summed E-state index contributed by atoms with van der Waals surface area (Å²) in [7, 11) is 0. The van der Waals surface area contributed by atoms with Gasteiger partial charge in [-0.05, 0) is 31.0 Å². The monoisotopic (exact) mass is 380 g/mol. The topological polar surface area (TPSA) is 80.6 Å². The molecule has 28 heavy (non-hydrogen) atoms. The molecule has 146 valence electrons. The summed E-state index contributed by atoms with van der Waals surface area (Å²) in [5, 5.41) is 6.30. The lowest BCUT2D eigenvalue weighted by atomic mass is 10.1. The zero-order chi connectivity index (χ0) is 19.9. The average molecular weight is 380 g/mol. The third-order valence-electron chi connectivity index (χ3n) is 4.44. The summed E-state index contributed by atoms with van der Waals surface area (Å²) in [4.78, 5) is 24.9. The summed E-state index contributed by atoms with van der Waals surface area (Å²) in [5.74, 6) is -0.557. The van der Waals surface area contributed by atoms with E-state index in [9.17, 15) is 9.59 Å². The number of nitrogens with one attached hydrogen (secondary N) is 2. The van der Waals surface area contributed by atoms with Crippen LogP contribution in [0.15, 0.2) is 52.9 Å². The molecular weight excluding hydrogens is 356 g/mol. The van der Waals surface area contributed by atoms with Gasteiger partial charge in [0.15, 0.2) is 5.76 Å². The van der Waals surface area contributed by atoms with Crippen LogP contribution in [-0.2, 0) is 22.6 Å². The van der Waals surface area contributed by atoms with Crippen molar-refractivity contribution in [3.8, 4) is 0 Å². The number of anilines is 1. The first kappa shape index (κ1) is 19.6. The van der Waals surface area contributed by atoms with E-state index in [1.165, 1.54) is 0 Å². The molecule has 0 saturated carbocycles. The number of furan rings is 1. The summed E-state index contributed by atoms with van der Waals surface area (Å²) in [6, 6.07) is 15.0. The van der Waals surface area contributed by atoms with Crippen LogP contribution in [0.5, 0.6) is 0 Å². The van der Waals surface area contributed by atoms with Gasteiger partial charge in [-0.3, -0.25) is 9.59 Å². The van der Waals surface area contributed by atoms with Crippen molar-refractivity contribution in [2.24, 2.45) is 0 Å². The Morgan fingerprint density at radius 2 is 1.79 bits per heavy atom. The number of aryl methyl sites for hydroxylation is 1. The van der Waals surface area contributed by atoms with Crippen LogP contribution in [0.1, 0.15) is 35.5 Å². The average Bonchev–Trinajstić information content (AvgIpc) is 3.09. The molecule has 1 heterocycles. The molecule has 0 fully saturated rings. The molecule has 0 atom stereocenters. The number of ether oxygens (including phenoxy) is 1. The van der Waals surface area contributed by atoms with Gasteiger partial charge in [0, 0.05) is 23.2 Å². The SMILES string of the molecule is CCOCc1c(C(=O)NCC(=O)Nc2ccccc2CC)oc2ccccc12. The maximum Gasteiger partial charge on any atom is 0.287 e. The van der Waals surface area contributed by atoms with Crippen molar-refractivity contribution in [1.82, 2.24) is 5.32 Å². The van der Waals surface area contributed by atoms with Crippen LogP contribution in [0.3, 0.4) is 0 Å². The van der Waals surface area contributed by atoms with Crippen LogP contribution in [0.25, 0.3) is 11.0 Å². The standard InChI is InChI=1S/C22H24N2O4/c1-3-15-9-5-7-11-18(15)24-20(25)13-23-22(26)21-17(14-27-4-2)16-10-6-8-12-19(16)28-21/h5-12H,3-4,13-14H2,1-2H3,(H,23,26)(H,24,25). The number of carbonyl (C=O) groups excluding carboxylic acids is 2. The number of hydrogen-bond acceptors (Lipinski definition) is 4. The maximum absolute atomic E-state index is 12.6. The Morgan fingerprint density at radius 3 is 2.57 bits per heavy atom. The Labute approximate surface area is 163 Å². The Bertz CT molecular complexity index is 978. The van der Waals surface area contributed by atoms with Gasteiger partial charge in [0.05, 0.1) is 13.2 Å². The predicted molar refractivity (Wildman–Crippen MR) is 108 cm³/mol. The van der Waals surface area contributed by atoms with Crippen molar-refractivity contribution < 1.29 is 18.7 Å². The smallest absolute Gasteiger partial charge is 0.287 e. The molecule has 0 saturated heterocycles. The number of fused-ring (bicyclic) bond motifs is 1. The van der Waals surface area contributed by atoms with Crippen LogP contribution in [0, 0.1) is 0 Å². The van der Waals surface area contributed by atoms with Crippen LogP contribution >= 0.6 is 0 Å². The van der Waals surface area contributed by atoms with E-state index in [1.807, 2.05) is 56.3 Å². The molecule has 0 radical (unpaired) electrons. The van der Waals surface area contributed by atoms with Crippen molar-refractivity contribution in [3.63, 3.8) is 0 Å². The van der Waals surface area contributed by atoms with E-state index >= 15 is 0 Å². The van der Waals surface area contributed by atoms with Crippen LogP contribution in [-0.4, -0.2) is 25.0 Å². The number of para-hydroxylation sites is 2. The molecule has 3 rings (SSSR count). The molecule has 6 nitrogen and oxygen atoms in total. The molecular formula is C22H24N2O4. The van der Waals surface area contributed by atoms with Crippen LogP contribution in [0.2, 0.25) is 0 Å². The van der Waals surface area contributed by atoms with Crippen molar-refractivity contribution in [3.05, 3.63) is 65.4 Å². The highest BCUT2D eigenvalue weighted by Gasteiger charge is 2.21. The minimum Gasteiger partial charge on any atom is -0.451 e. The van der Waals surface area contributed by atoms with Gasteiger partial charge in [-0.2, -0.15) is 0 Å². The first-order valence-corrected chi connectivity index (χ1v) is 9.38. The molecule has 0 aliphatic heterocycles. The third kappa shape index (κ3) is 4.40. The molecule has 2 N–H and O–H groups in total. The molecule has 2 amide bonds. The molecule has 0 bridgehead atoms. The molecule has 0 spiro atoms. The van der Waals surface area contributed by atoms with Crippen molar-refractivity contribution in [2.75, 3.05) is 18.5 Å². The van der Waals surface area contributed by atoms with Gasteiger partial charge >= 0.3 is 0 Å². The zero-order valence-corrected chi connectivity index (χ0v) is 16.1. The highest BCUT2D eigenvalue weighted by molar-refractivity contribution is 6.02. The van der Waals surface area contributed by atoms with Gasteiger partial charge in [-0.1, -0.05) is 43.3 Å². The summed E-state index contributed by atoms with van der Waals surface area (Å²) in [6.45, 7) is 4.56. The number of benzene rings is 2. The second-order valence-electron chi connectivity index (χ2n) is 6.28. The van der Waals surface area contributed by atoms with Gasteiger partial charge in [0.1, 0.15) is 5.58 Å². The third-order valence-corrected chi connectivity index (χ3v) is 4.44. The van der Waals surface area contributed by atoms with Crippen molar-refractivity contribution in [2.45, 2.75) is 26.9 Å². The number of rotatable bonds is 8. The predicted octanol–water partition coefficient (Wildman–Crippen LogP) is 3.90. The molecule has 0 aliphatic carbocycles. The highest BCUT2D eigenvalue weighted by atomic mass is 16.5. The second-order valence-corrected chi connectivity index (χ2v) is 6.28. The van der Waals surface area contributed by atoms with Gasteiger partial charge in [-0.15, -0.1) is 0 Å². The lowest BCUT2D eigenvalue weighted by Gasteiger charge is -2.10. The lowest BCUT2D eigenvalue weighted by molar-refractivity contribution is -0.115. The Balaban J connectivity index is 1.70. The summed E-state index contributed by atoms with van der Waals surface area (Å²) in [5.41, 5.74) is 3.10. The van der Waals surface area contributed by atoms with Crippen molar-refractivity contribution >= 4 is 28.5 Å². The number of hydrogen-bond donors (Lipinski definition) is 2. The summed E-state index contributed by atoms with van der Waals surface area (Å²) < 4.78 is 11.2. The molecule has 1 aromatic heterocycles. The highest BCUT2D eigenvalue weighted by Crippen LogP contribution is 2.26. The fraction of sp³-hybridized carbons (Fsp3) is 0.273. The van der Waals surface area contributed by atoms with E-state index in [0.29, 0.717) is 17.8 Å². The Hall–Kier alpha value is -3.12. The largest absolute Gasteiger partial charge is 0.451 e. The Morgan fingerprint density at radius 1 is 1.04 bits per heavy atom. The maximum atomic E-state index is 12.6. The molecule has 0 aliphatic rings. The van der Waals surface area contributed by atoms with E-state index < -0.39 is 5.91 Å². The van der Waals surface area contributed by atoms with Crippen molar-refractivity contribution in [1.29, 1.82) is 0 Å². The van der Waals surface area contributed by atoms with Crippen LogP contribution < -0.4 is 10.6 Å². The van der Waals surface area contributed by atoms with Gasteiger partial charge in [0.25, 0.3) is 5.91 Å². The summed E-state index contributed by atoms with van der Waals surface area (Å²) in [6.07, 6.45) is 0.808. The minimum atomic E-state index is -0.440. The molecule has 0 unspecified atom stereocenters. The van der Waals surface area contributed by atoms with E-state index in [4.69, 9.17) is 9.15 Å². The zero-order valence-electron chi connectivity index (χ0n) is 16.1. The lowest BCUT2D eigenvalue weighted by Crippen LogP contribution is -2.33. The molecule has 2 aromatic carbocycles. The van der Waals surface area contributed by atoms with Gasteiger partial charge in [-0.25, -0.2) is 0 Å². The molecule has 3 aromatic rings. The normalized spacial score (nSPS) is 10.8. The fourth-order valence-electron chi connectivity index (χ4n) is 3.02. The molecule has 6 heteroatoms. The first-order valence-electron chi connectivity index (χ1n) is 9.38. The Kier molecular flexibility index (Phi) is 6.45. The van der Waals surface area contributed by atoms with E-state index in [2.05, 4.69) is 10.6 Å². The van der Waals surface area contributed by atoms with Crippen LogP contribution in [0.4, 0.5) is 5.69 Å². The van der Waals surface area contributed by atoms with E-state index in [1.54, 1.807) is 6.07 Å². The van der Waals surface area contributed by atoms with Gasteiger partial charge in [0.2, 0.25) is 5.91 Å². The second kappa shape index (κ2) is 9.19. The minimum absolute atomic E-state index is 0.151. The van der Waals surface area contributed by atoms with Gasteiger partial charge < -0.3 is 19.8 Å². The summed E-state index contributed by atoms with van der Waals surface area (Å²) >= 11 is 0. The number of amides is 2. The number of carbonyl (C=O) groups is 2. The van der Waals surface area contributed by atoms with E-state index in [-0.39, 0.29) is 24.8 Å².